The first-order chi connectivity index (χ1) is 31.5. The number of aliphatic hydroxyl groups is 1. The summed E-state index contributed by atoms with van der Waals surface area (Å²) in [5.41, 5.74) is 9.52. The molecule has 15 heteroatoms. The lowest BCUT2D eigenvalue weighted by Crippen LogP contribution is -2.21. The fourth-order valence-electron chi connectivity index (χ4n) is 8.24. The third kappa shape index (κ3) is 13.1. The summed E-state index contributed by atoms with van der Waals surface area (Å²) in [6.45, 7) is 0.649. The van der Waals surface area contributed by atoms with Crippen molar-refractivity contribution in [1.82, 2.24) is 29.5 Å². The van der Waals surface area contributed by atoms with Gasteiger partial charge >= 0.3 is 11.9 Å². The van der Waals surface area contributed by atoms with E-state index >= 15 is 0 Å². The van der Waals surface area contributed by atoms with Crippen LogP contribution in [0.1, 0.15) is 93.7 Å². The number of phenolic OH excluding ortho intramolecular Hbond substituents is 1. The van der Waals surface area contributed by atoms with Gasteiger partial charge in [0.05, 0.1) is 57.7 Å². The third-order valence-electron chi connectivity index (χ3n) is 12.1. The second kappa shape index (κ2) is 23.5. The Morgan fingerprint density at radius 3 is 1.54 bits per heavy atom. The number of fused-ring (bicyclic) bond motifs is 2. The number of carbonyl (C=O) groups is 2. The number of carbonyl (C=O) groups excluding carboxylic acids is 2. The predicted octanol–water partition coefficient (Wildman–Crippen LogP) is 6.49. The highest BCUT2D eigenvalue weighted by Crippen LogP contribution is 2.31. The summed E-state index contributed by atoms with van der Waals surface area (Å²) >= 11 is 0. The van der Waals surface area contributed by atoms with Crippen molar-refractivity contribution in [2.75, 3.05) is 28.4 Å². The number of ether oxygens (including phenoxy) is 5. The first-order valence-corrected chi connectivity index (χ1v) is 21.7. The summed E-state index contributed by atoms with van der Waals surface area (Å²) in [6, 6.07) is 27.3. The van der Waals surface area contributed by atoms with E-state index in [2.05, 4.69) is 50.7 Å². The Morgan fingerprint density at radius 1 is 0.646 bits per heavy atom. The monoisotopic (exact) mass is 888 g/mol. The number of hydrogen-bond acceptors (Lipinski definition) is 13. The molecule has 0 radical (unpaired) electrons. The molecule has 6 aromatic rings. The van der Waals surface area contributed by atoms with E-state index in [-0.39, 0.29) is 49.0 Å². The number of phenols is 1. The third-order valence-corrected chi connectivity index (χ3v) is 12.1. The van der Waals surface area contributed by atoms with E-state index < -0.39 is 0 Å². The molecule has 8 rings (SSSR count). The lowest BCUT2D eigenvalue weighted by Gasteiger charge is -2.24. The summed E-state index contributed by atoms with van der Waals surface area (Å²) < 4.78 is 30.1. The molecule has 2 aromatic heterocycles. The van der Waals surface area contributed by atoms with Crippen molar-refractivity contribution in [3.63, 3.8) is 0 Å². The highest BCUT2D eigenvalue weighted by molar-refractivity contribution is 5.71. The van der Waals surface area contributed by atoms with E-state index in [1.165, 1.54) is 36.5 Å². The van der Waals surface area contributed by atoms with Crippen LogP contribution in [0.15, 0.2) is 97.6 Å². The molecule has 0 spiro atoms. The number of aliphatic hydroxyl groups excluding tert-OH is 1. The highest BCUT2D eigenvalue weighted by Gasteiger charge is 2.25. The van der Waals surface area contributed by atoms with Gasteiger partial charge < -0.3 is 43.0 Å². The Balaban J connectivity index is 0.000000179. The molecule has 2 aliphatic carbocycles. The van der Waals surface area contributed by atoms with Gasteiger partial charge in [0.2, 0.25) is 0 Å². The van der Waals surface area contributed by atoms with Crippen molar-refractivity contribution in [3.05, 3.63) is 154 Å². The zero-order valence-electron chi connectivity index (χ0n) is 38.1. The first-order valence-electron chi connectivity index (χ1n) is 21.7. The van der Waals surface area contributed by atoms with Crippen LogP contribution in [-0.4, -0.2) is 92.3 Å². The van der Waals surface area contributed by atoms with Gasteiger partial charge in [0.15, 0.2) is 0 Å². The number of rotatable bonds is 14. The maximum Gasteiger partial charge on any atom is 0.306 e. The number of methoxy groups -OCH3 is 4. The van der Waals surface area contributed by atoms with Crippen molar-refractivity contribution in [2.24, 2.45) is 14.1 Å². The van der Waals surface area contributed by atoms with E-state index in [0.717, 1.165) is 66.5 Å². The van der Waals surface area contributed by atoms with Crippen LogP contribution in [0, 0.1) is 0 Å². The standard InChI is InChI=1S/C25H29N3O4.C13H15N3O3.C12H16O2/c1-28-16-26-27-25(28)23(14-24(29)31-3)18-6-9-21(10-7-18)32-15-17-4-5-20-13-22(30-2)11-8-19(20)12-17;1-16-8-14-15-13(16)11(7-12(18)19-2)9-3-5-10(17)6-4-9;1-14-12-5-4-10-6-9(8-13)2-3-11(10)7-12/h4-7,9-10,12,16,22-23H,8,11,13-15H2,1-3H3;3-6,8,11,17H,7H2,1-2H3;2-3,6,12-13H,4-5,7-8H2,1H3/t22?,23-;11-;/m00./s1. The van der Waals surface area contributed by atoms with Crippen LogP contribution >= 0.6 is 0 Å². The molecule has 0 fully saturated rings. The molecular weight excluding hydrogens is 829 g/mol. The SMILES string of the molecule is COC(=O)C[C@@H](c1ccc(O)cc1)c1nncn1C.COC(=O)C[C@@H](c1ccc(OCc2ccc3c(c2)CCC(OC)C3)cc1)c1nncn1C.COC1CCc2cc(CO)ccc2C1. The van der Waals surface area contributed by atoms with Gasteiger partial charge in [-0.05, 0) is 107 Å². The second-order valence-electron chi connectivity index (χ2n) is 16.3. The average molecular weight is 889 g/mol. The molecule has 4 aromatic carbocycles. The van der Waals surface area contributed by atoms with Gasteiger partial charge in [-0.1, -0.05) is 60.7 Å². The number of benzene rings is 4. The molecule has 15 nitrogen and oxygen atoms in total. The van der Waals surface area contributed by atoms with Gasteiger partial charge in [-0.25, -0.2) is 0 Å². The molecule has 0 amide bonds. The Kier molecular flexibility index (Phi) is 17.4. The van der Waals surface area contributed by atoms with Gasteiger partial charge in [-0.2, -0.15) is 0 Å². The predicted molar refractivity (Wildman–Crippen MR) is 242 cm³/mol. The lowest BCUT2D eigenvalue weighted by molar-refractivity contribution is -0.141. The molecule has 4 atom stereocenters. The second-order valence-corrected chi connectivity index (χ2v) is 16.3. The zero-order chi connectivity index (χ0) is 46.3. The van der Waals surface area contributed by atoms with Crippen molar-refractivity contribution >= 4 is 11.9 Å². The minimum absolute atomic E-state index is 0.140. The largest absolute Gasteiger partial charge is 0.508 e. The van der Waals surface area contributed by atoms with Crippen molar-refractivity contribution in [3.8, 4) is 11.5 Å². The average Bonchev–Trinajstić information content (AvgIpc) is 3.98. The minimum Gasteiger partial charge on any atom is -0.508 e. The summed E-state index contributed by atoms with van der Waals surface area (Å²) in [7, 11) is 9.99. The van der Waals surface area contributed by atoms with Crippen molar-refractivity contribution in [2.45, 2.75) is 88.6 Å². The molecular formula is C50H60N6O9. The normalized spacial score (nSPS) is 16.0. The number of hydrogen-bond donors (Lipinski definition) is 2. The van der Waals surface area contributed by atoms with Crippen LogP contribution in [0.2, 0.25) is 0 Å². The van der Waals surface area contributed by atoms with Crippen LogP contribution in [-0.2, 0) is 81.5 Å². The maximum atomic E-state index is 12.0. The van der Waals surface area contributed by atoms with E-state index in [1.54, 1.807) is 55.7 Å². The summed E-state index contributed by atoms with van der Waals surface area (Å²) in [5.74, 6) is 1.26. The molecule has 2 aliphatic rings. The summed E-state index contributed by atoms with van der Waals surface area (Å²) in [6.07, 6.45) is 10.6. The fraction of sp³-hybridized carbons (Fsp3) is 0.400. The summed E-state index contributed by atoms with van der Waals surface area (Å²) in [5, 5.41) is 34.4. The minimum atomic E-state index is -0.318. The number of aryl methyl sites for hydroxylation is 4. The number of aromatic hydroxyl groups is 1. The van der Waals surface area contributed by atoms with Crippen LogP contribution in [0.4, 0.5) is 0 Å². The van der Waals surface area contributed by atoms with E-state index in [9.17, 15) is 14.7 Å². The molecule has 0 saturated carbocycles. The summed E-state index contributed by atoms with van der Waals surface area (Å²) in [4.78, 5) is 23.5. The van der Waals surface area contributed by atoms with E-state index in [4.69, 9.17) is 28.8 Å². The lowest BCUT2D eigenvalue weighted by atomic mass is 9.88. The zero-order valence-corrected chi connectivity index (χ0v) is 38.1. The maximum absolute atomic E-state index is 12.0. The first kappa shape index (κ1) is 48.0. The van der Waals surface area contributed by atoms with Gasteiger partial charge in [0, 0.05) is 28.3 Å². The van der Waals surface area contributed by atoms with E-state index in [1.807, 2.05) is 49.0 Å². The molecule has 2 unspecified atom stereocenters. The number of nitrogens with zero attached hydrogens (tertiary/aromatic N) is 6. The number of aromatic nitrogens is 6. The van der Waals surface area contributed by atoms with Gasteiger partial charge in [-0.15, -0.1) is 20.4 Å². The molecule has 0 aliphatic heterocycles. The smallest absolute Gasteiger partial charge is 0.306 e. The van der Waals surface area contributed by atoms with Crippen LogP contribution in [0.5, 0.6) is 11.5 Å². The Labute approximate surface area is 380 Å². The van der Waals surface area contributed by atoms with Crippen molar-refractivity contribution < 1.29 is 43.5 Å². The topological polar surface area (TPSA) is 182 Å². The molecule has 0 saturated heterocycles. The molecule has 2 N–H and O–H groups in total. The van der Waals surface area contributed by atoms with Gasteiger partial charge in [-0.3, -0.25) is 9.59 Å². The van der Waals surface area contributed by atoms with Crippen LogP contribution in [0.25, 0.3) is 0 Å². The highest BCUT2D eigenvalue weighted by atomic mass is 16.5. The Hall–Kier alpha value is -6.42. The molecule has 0 bridgehead atoms. The Bertz CT molecular complexity index is 2450. The number of esters is 2. The van der Waals surface area contributed by atoms with Gasteiger partial charge in [0.25, 0.3) is 0 Å². The molecule has 65 heavy (non-hydrogen) atoms. The molecule has 2 heterocycles. The fourth-order valence-corrected chi connectivity index (χ4v) is 8.24. The Morgan fingerprint density at radius 2 is 1.11 bits per heavy atom. The molecule has 344 valence electrons. The van der Waals surface area contributed by atoms with Crippen LogP contribution < -0.4 is 4.74 Å². The van der Waals surface area contributed by atoms with Crippen molar-refractivity contribution in [1.29, 1.82) is 0 Å². The van der Waals surface area contributed by atoms with Gasteiger partial charge in [0.1, 0.15) is 42.4 Å². The van der Waals surface area contributed by atoms with Crippen LogP contribution in [0.3, 0.4) is 0 Å². The van der Waals surface area contributed by atoms with E-state index in [0.29, 0.717) is 30.5 Å². The quantitative estimate of drug-likeness (QED) is 0.113.